The SMILES string of the molecule is Cc1nnc(Nc2ccc3c(c2)CCCN3)s1. The van der Waals surface area contributed by atoms with E-state index in [1.807, 2.05) is 6.92 Å². The summed E-state index contributed by atoms with van der Waals surface area (Å²) in [6.07, 6.45) is 2.35. The molecule has 2 heterocycles. The summed E-state index contributed by atoms with van der Waals surface area (Å²) in [6.45, 7) is 3.04. The van der Waals surface area contributed by atoms with Crippen LogP contribution in [-0.4, -0.2) is 16.7 Å². The van der Waals surface area contributed by atoms with E-state index < -0.39 is 0 Å². The zero-order valence-corrected chi connectivity index (χ0v) is 10.5. The molecule has 0 amide bonds. The Balaban J connectivity index is 1.84. The van der Waals surface area contributed by atoms with E-state index in [9.17, 15) is 0 Å². The molecule has 0 saturated heterocycles. The highest BCUT2D eigenvalue weighted by Gasteiger charge is 2.09. The molecule has 88 valence electrons. The Morgan fingerprint density at radius 3 is 3.12 bits per heavy atom. The summed E-state index contributed by atoms with van der Waals surface area (Å²) in [5, 5.41) is 16.6. The highest BCUT2D eigenvalue weighted by Crippen LogP contribution is 2.27. The molecule has 2 aromatic rings. The van der Waals surface area contributed by atoms with Crippen LogP contribution in [-0.2, 0) is 6.42 Å². The van der Waals surface area contributed by atoms with Crippen LogP contribution in [0, 0.1) is 6.92 Å². The molecule has 1 aliphatic rings. The van der Waals surface area contributed by atoms with Crippen molar-refractivity contribution in [1.82, 2.24) is 10.2 Å². The lowest BCUT2D eigenvalue weighted by Gasteiger charge is -2.18. The van der Waals surface area contributed by atoms with E-state index >= 15 is 0 Å². The minimum atomic E-state index is 0.853. The van der Waals surface area contributed by atoms with E-state index in [1.165, 1.54) is 17.7 Å². The third-order valence-electron chi connectivity index (χ3n) is 2.82. The van der Waals surface area contributed by atoms with Crippen LogP contribution in [0.3, 0.4) is 0 Å². The van der Waals surface area contributed by atoms with Crippen molar-refractivity contribution in [3.05, 3.63) is 28.8 Å². The van der Waals surface area contributed by atoms with Gasteiger partial charge in [0.05, 0.1) is 0 Å². The van der Waals surface area contributed by atoms with E-state index in [-0.39, 0.29) is 0 Å². The lowest BCUT2D eigenvalue weighted by Crippen LogP contribution is -2.11. The van der Waals surface area contributed by atoms with Gasteiger partial charge in [0, 0.05) is 17.9 Å². The Morgan fingerprint density at radius 2 is 2.29 bits per heavy atom. The number of anilines is 3. The van der Waals surface area contributed by atoms with Crippen molar-refractivity contribution in [1.29, 1.82) is 0 Å². The Labute approximate surface area is 104 Å². The molecule has 0 saturated carbocycles. The number of aromatic nitrogens is 2. The van der Waals surface area contributed by atoms with E-state index in [2.05, 4.69) is 39.0 Å². The zero-order chi connectivity index (χ0) is 11.7. The minimum absolute atomic E-state index is 0.853. The first kappa shape index (κ1) is 10.5. The summed E-state index contributed by atoms with van der Waals surface area (Å²) >= 11 is 1.57. The summed E-state index contributed by atoms with van der Waals surface area (Å²) in [5.41, 5.74) is 3.72. The highest BCUT2D eigenvalue weighted by molar-refractivity contribution is 7.15. The molecule has 0 aliphatic carbocycles. The first-order valence-corrected chi connectivity index (χ1v) is 6.57. The van der Waals surface area contributed by atoms with Crippen molar-refractivity contribution in [3.8, 4) is 0 Å². The predicted molar refractivity (Wildman–Crippen MR) is 71.2 cm³/mol. The van der Waals surface area contributed by atoms with Gasteiger partial charge in [0.25, 0.3) is 0 Å². The Bertz CT molecular complexity index is 535. The highest BCUT2D eigenvalue weighted by atomic mass is 32.1. The smallest absolute Gasteiger partial charge is 0.210 e. The molecular formula is C12H14N4S. The number of hydrogen-bond acceptors (Lipinski definition) is 5. The maximum atomic E-state index is 4.06. The van der Waals surface area contributed by atoms with Crippen molar-refractivity contribution in [2.24, 2.45) is 0 Å². The van der Waals surface area contributed by atoms with Crippen molar-refractivity contribution < 1.29 is 0 Å². The third-order valence-corrected chi connectivity index (χ3v) is 3.58. The predicted octanol–water partition coefficient (Wildman–Crippen LogP) is 2.95. The van der Waals surface area contributed by atoms with Crippen molar-refractivity contribution in [2.75, 3.05) is 17.2 Å². The van der Waals surface area contributed by atoms with Crippen LogP contribution in [0.2, 0.25) is 0 Å². The monoisotopic (exact) mass is 246 g/mol. The van der Waals surface area contributed by atoms with Gasteiger partial charge in [-0.25, -0.2) is 0 Å². The van der Waals surface area contributed by atoms with Gasteiger partial charge < -0.3 is 10.6 Å². The number of benzene rings is 1. The molecule has 1 aromatic carbocycles. The molecule has 5 heteroatoms. The second-order valence-electron chi connectivity index (χ2n) is 4.15. The molecule has 0 radical (unpaired) electrons. The molecule has 2 N–H and O–H groups in total. The largest absolute Gasteiger partial charge is 0.385 e. The fourth-order valence-corrected chi connectivity index (χ4v) is 2.64. The van der Waals surface area contributed by atoms with Crippen LogP contribution in [0.15, 0.2) is 18.2 Å². The molecule has 4 nitrogen and oxygen atoms in total. The van der Waals surface area contributed by atoms with Gasteiger partial charge in [0.2, 0.25) is 5.13 Å². The van der Waals surface area contributed by atoms with Gasteiger partial charge in [-0.2, -0.15) is 0 Å². The van der Waals surface area contributed by atoms with Crippen LogP contribution >= 0.6 is 11.3 Å². The second kappa shape index (κ2) is 4.33. The van der Waals surface area contributed by atoms with Crippen LogP contribution in [0.4, 0.5) is 16.5 Å². The molecule has 0 fully saturated rings. The zero-order valence-electron chi connectivity index (χ0n) is 9.66. The van der Waals surface area contributed by atoms with E-state index in [0.29, 0.717) is 0 Å². The van der Waals surface area contributed by atoms with Crippen LogP contribution in [0.25, 0.3) is 0 Å². The average molecular weight is 246 g/mol. The van der Waals surface area contributed by atoms with Gasteiger partial charge in [-0.1, -0.05) is 11.3 Å². The minimum Gasteiger partial charge on any atom is -0.385 e. The summed E-state index contributed by atoms with van der Waals surface area (Å²) in [4.78, 5) is 0. The van der Waals surface area contributed by atoms with Gasteiger partial charge in [-0.05, 0) is 43.5 Å². The molecular weight excluding hydrogens is 232 g/mol. The van der Waals surface area contributed by atoms with Crippen molar-refractivity contribution >= 4 is 27.8 Å². The van der Waals surface area contributed by atoms with Gasteiger partial charge in [-0.3, -0.25) is 0 Å². The topological polar surface area (TPSA) is 49.8 Å². The molecule has 3 rings (SSSR count). The average Bonchev–Trinajstić information content (AvgIpc) is 2.75. The maximum Gasteiger partial charge on any atom is 0.210 e. The molecule has 1 aliphatic heterocycles. The standard InChI is InChI=1S/C12H14N4S/c1-8-15-16-12(17-8)14-10-4-5-11-9(7-10)3-2-6-13-11/h4-5,7,13H,2-3,6H2,1H3,(H,14,16). The van der Waals surface area contributed by atoms with E-state index in [4.69, 9.17) is 0 Å². The Hall–Kier alpha value is -1.62. The van der Waals surface area contributed by atoms with Crippen LogP contribution < -0.4 is 10.6 Å². The normalized spacial score (nSPS) is 13.9. The number of fused-ring (bicyclic) bond motifs is 1. The van der Waals surface area contributed by atoms with Gasteiger partial charge >= 0.3 is 0 Å². The quantitative estimate of drug-likeness (QED) is 0.855. The number of rotatable bonds is 2. The van der Waals surface area contributed by atoms with Crippen molar-refractivity contribution in [3.63, 3.8) is 0 Å². The molecule has 17 heavy (non-hydrogen) atoms. The Kier molecular flexibility index (Phi) is 2.68. The molecule has 0 spiro atoms. The lowest BCUT2D eigenvalue weighted by atomic mass is 10.0. The number of aryl methyl sites for hydroxylation is 2. The summed E-state index contributed by atoms with van der Waals surface area (Å²) < 4.78 is 0. The number of nitrogens with one attached hydrogen (secondary N) is 2. The Morgan fingerprint density at radius 1 is 1.35 bits per heavy atom. The summed E-state index contributed by atoms with van der Waals surface area (Å²) in [7, 11) is 0. The maximum absolute atomic E-state index is 4.06. The van der Waals surface area contributed by atoms with Crippen molar-refractivity contribution in [2.45, 2.75) is 19.8 Å². The number of nitrogens with zero attached hydrogens (tertiary/aromatic N) is 2. The first-order chi connectivity index (χ1) is 8.31. The fraction of sp³-hybridized carbons (Fsp3) is 0.333. The lowest BCUT2D eigenvalue weighted by molar-refractivity contribution is 0.830. The summed E-state index contributed by atoms with van der Waals surface area (Å²) in [5.74, 6) is 0. The van der Waals surface area contributed by atoms with Crippen LogP contribution in [0.1, 0.15) is 17.0 Å². The molecule has 0 unspecified atom stereocenters. The number of hydrogen-bond donors (Lipinski definition) is 2. The second-order valence-corrected chi connectivity index (χ2v) is 5.34. The van der Waals surface area contributed by atoms with E-state index in [0.717, 1.165) is 28.8 Å². The summed E-state index contributed by atoms with van der Waals surface area (Å²) in [6, 6.07) is 6.40. The fourth-order valence-electron chi connectivity index (χ4n) is 2.02. The third kappa shape index (κ3) is 2.24. The molecule has 0 atom stereocenters. The molecule has 0 bridgehead atoms. The van der Waals surface area contributed by atoms with Gasteiger partial charge in [-0.15, -0.1) is 10.2 Å². The van der Waals surface area contributed by atoms with E-state index in [1.54, 1.807) is 11.3 Å². The molecule has 1 aromatic heterocycles. The first-order valence-electron chi connectivity index (χ1n) is 5.75. The van der Waals surface area contributed by atoms with Gasteiger partial charge in [0.15, 0.2) is 0 Å². The van der Waals surface area contributed by atoms with Crippen LogP contribution in [0.5, 0.6) is 0 Å². The van der Waals surface area contributed by atoms with Gasteiger partial charge in [0.1, 0.15) is 5.01 Å².